The number of rotatable bonds is 12. The van der Waals surface area contributed by atoms with Crippen LogP contribution in [0.4, 0.5) is 10.5 Å². The Hall–Kier alpha value is -6.38. The summed E-state index contributed by atoms with van der Waals surface area (Å²) in [5, 5.41) is 15.4. The monoisotopic (exact) mass is 863 g/mol. The van der Waals surface area contributed by atoms with Gasteiger partial charge in [-0.15, -0.1) is 0 Å². The zero-order valence-corrected chi connectivity index (χ0v) is 35.8. The van der Waals surface area contributed by atoms with E-state index in [0.29, 0.717) is 26.1 Å². The van der Waals surface area contributed by atoms with Gasteiger partial charge in [0.15, 0.2) is 6.29 Å². The first-order valence-electron chi connectivity index (χ1n) is 22.0. The molecular formula is C51H53N5O8. The predicted molar refractivity (Wildman–Crippen MR) is 239 cm³/mol. The van der Waals surface area contributed by atoms with E-state index in [4.69, 9.17) is 14.2 Å². The number of nitrogens with one attached hydrogen (secondary N) is 2. The topological polar surface area (TPSA) is 150 Å². The van der Waals surface area contributed by atoms with Crippen LogP contribution in [0.2, 0.25) is 0 Å². The Morgan fingerprint density at radius 2 is 1.48 bits per heavy atom. The number of carbonyl (C=O) groups is 4. The van der Waals surface area contributed by atoms with Gasteiger partial charge in [0, 0.05) is 36.8 Å². The fourth-order valence-corrected chi connectivity index (χ4v) is 9.45. The molecule has 1 spiro atoms. The van der Waals surface area contributed by atoms with E-state index in [1.165, 1.54) is 4.90 Å². The van der Waals surface area contributed by atoms with Gasteiger partial charge in [0.25, 0.3) is 5.91 Å². The van der Waals surface area contributed by atoms with Crippen LogP contribution in [0.15, 0.2) is 133 Å². The highest BCUT2D eigenvalue weighted by atomic mass is 16.7. The van der Waals surface area contributed by atoms with E-state index in [-0.39, 0.29) is 56.1 Å². The van der Waals surface area contributed by atoms with Gasteiger partial charge in [0.1, 0.15) is 18.2 Å². The van der Waals surface area contributed by atoms with Crippen LogP contribution in [-0.4, -0.2) is 82.7 Å². The van der Waals surface area contributed by atoms with E-state index in [9.17, 15) is 24.3 Å². The molecule has 5 aromatic rings. The lowest BCUT2D eigenvalue weighted by Crippen LogP contribution is -2.57. The van der Waals surface area contributed by atoms with Crippen LogP contribution in [0.1, 0.15) is 66.4 Å². The number of hydrogen-bond acceptors (Lipinski definition) is 10. The first-order valence-corrected chi connectivity index (χ1v) is 22.0. The molecule has 5 aromatic carbocycles. The van der Waals surface area contributed by atoms with Gasteiger partial charge >= 0.3 is 6.09 Å². The summed E-state index contributed by atoms with van der Waals surface area (Å²) in [7, 11) is 0. The number of nitrogens with zero attached hydrogens (tertiary/aromatic N) is 3. The van der Waals surface area contributed by atoms with Gasteiger partial charge in [0.2, 0.25) is 11.8 Å². The zero-order chi connectivity index (χ0) is 44.2. The van der Waals surface area contributed by atoms with Gasteiger partial charge in [-0.05, 0) is 64.4 Å². The molecular weight excluding hydrogens is 811 g/mol. The number of anilines is 1. The van der Waals surface area contributed by atoms with Crippen LogP contribution in [-0.2, 0) is 48.4 Å². The lowest BCUT2D eigenvalue weighted by molar-refractivity contribution is -0.276. The van der Waals surface area contributed by atoms with E-state index >= 15 is 0 Å². The predicted octanol–water partition coefficient (Wildman–Crippen LogP) is 6.62. The van der Waals surface area contributed by atoms with E-state index < -0.39 is 29.9 Å². The first kappa shape index (κ1) is 42.9. The molecule has 9 rings (SSSR count). The molecule has 4 amide bonds. The summed E-state index contributed by atoms with van der Waals surface area (Å²) >= 11 is 0. The minimum atomic E-state index is -0.990. The number of benzene rings is 5. The number of ether oxygens (including phenoxy) is 3. The normalized spacial score (nSPS) is 23.3. The number of aliphatic hydroxyl groups excluding tert-OH is 1. The lowest BCUT2D eigenvalue weighted by Gasteiger charge is -2.46. The molecule has 5 unspecified atom stereocenters. The van der Waals surface area contributed by atoms with Gasteiger partial charge in [-0.25, -0.2) is 4.79 Å². The Morgan fingerprint density at radius 1 is 0.797 bits per heavy atom. The number of alkyl carbamates (subject to hydrolysis) is 1. The van der Waals surface area contributed by atoms with Gasteiger partial charge < -0.3 is 39.8 Å². The number of aliphatic hydroxyl groups is 1. The molecule has 0 radical (unpaired) electrons. The quantitative estimate of drug-likeness (QED) is 0.117. The van der Waals surface area contributed by atoms with Crippen LogP contribution < -0.4 is 15.5 Å². The number of imide groups is 1. The standard InChI is InChI=1S/C51H53N5O8/c1-34-44(30-54-25-23-51(24-26-54)49(60)52-33-56(51)42-13-6-3-7-14-42)63-48(64-46(34)39-17-15-35(31-57)16-18-39)40-21-19-38(20-22-40)41-12-8-11-37(27-41)29-55-45(58)28-43(47(55)59)53-50(61)62-32-36-9-4-2-5-10-36/h2-22,27,34,43-44,46,48,57H,23-26,28-33H2,1H3,(H,52,60)(H,53,61). The summed E-state index contributed by atoms with van der Waals surface area (Å²) in [6, 6.07) is 42.0. The maximum Gasteiger partial charge on any atom is 0.408 e. The molecule has 0 saturated carbocycles. The molecule has 4 saturated heterocycles. The van der Waals surface area contributed by atoms with Gasteiger partial charge in [-0.2, -0.15) is 0 Å². The molecule has 64 heavy (non-hydrogen) atoms. The van der Waals surface area contributed by atoms with Crippen LogP contribution in [0.25, 0.3) is 11.1 Å². The summed E-state index contributed by atoms with van der Waals surface area (Å²) in [5.74, 6) is -0.749. The molecule has 4 aliphatic heterocycles. The summed E-state index contributed by atoms with van der Waals surface area (Å²) in [5.41, 5.74) is 6.60. The smallest absolute Gasteiger partial charge is 0.408 e. The number of para-hydroxylation sites is 1. The zero-order valence-electron chi connectivity index (χ0n) is 35.8. The number of amides is 4. The average molecular weight is 864 g/mol. The molecule has 330 valence electrons. The number of carbonyl (C=O) groups excluding carboxylic acids is 4. The van der Waals surface area contributed by atoms with Crippen molar-refractivity contribution in [1.82, 2.24) is 20.4 Å². The van der Waals surface area contributed by atoms with Crippen molar-refractivity contribution < 1.29 is 38.5 Å². The third kappa shape index (κ3) is 9.02. The Balaban J connectivity index is 0.864. The fourth-order valence-electron chi connectivity index (χ4n) is 9.45. The van der Waals surface area contributed by atoms with E-state index in [1.807, 2.05) is 121 Å². The molecule has 4 fully saturated rings. The summed E-state index contributed by atoms with van der Waals surface area (Å²) < 4.78 is 18.9. The third-order valence-electron chi connectivity index (χ3n) is 13.2. The molecule has 0 aliphatic carbocycles. The van der Waals surface area contributed by atoms with E-state index in [0.717, 1.165) is 57.7 Å². The first-order chi connectivity index (χ1) is 31.2. The van der Waals surface area contributed by atoms with E-state index in [1.54, 1.807) is 0 Å². The Kier molecular flexibility index (Phi) is 12.6. The Morgan fingerprint density at radius 3 is 2.20 bits per heavy atom. The van der Waals surface area contributed by atoms with Crippen LogP contribution in [0.3, 0.4) is 0 Å². The van der Waals surface area contributed by atoms with Crippen molar-refractivity contribution in [3.05, 3.63) is 161 Å². The third-order valence-corrected chi connectivity index (χ3v) is 13.2. The highest BCUT2D eigenvalue weighted by Gasteiger charge is 2.51. The molecule has 13 nitrogen and oxygen atoms in total. The second-order valence-electron chi connectivity index (χ2n) is 17.2. The summed E-state index contributed by atoms with van der Waals surface area (Å²) in [6.07, 6.45) is -0.584. The number of likely N-dealkylation sites (tertiary alicyclic amines) is 2. The Bertz CT molecular complexity index is 2440. The molecule has 0 bridgehead atoms. The average Bonchev–Trinajstić information content (AvgIpc) is 3.79. The maximum absolute atomic E-state index is 13.4. The van der Waals surface area contributed by atoms with Crippen molar-refractivity contribution in [3.63, 3.8) is 0 Å². The summed E-state index contributed by atoms with van der Waals surface area (Å²) in [4.78, 5) is 57.9. The molecule has 4 heterocycles. The summed E-state index contributed by atoms with van der Waals surface area (Å²) in [6.45, 7) is 4.93. The van der Waals surface area contributed by atoms with Crippen LogP contribution >= 0.6 is 0 Å². The maximum atomic E-state index is 13.4. The lowest BCUT2D eigenvalue weighted by atomic mass is 9.84. The molecule has 13 heteroatoms. The van der Waals surface area contributed by atoms with Crippen LogP contribution in [0.5, 0.6) is 0 Å². The molecule has 3 N–H and O–H groups in total. The van der Waals surface area contributed by atoms with Crippen molar-refractivity contribution in [2.24, 2.45) is 5.92 Å². The van der Waals surface area contributed by atoms with Crippen molar-refractivity contribution in [1.29, 1.82) is 0 Å². The minimum Gasteiger partial charge on any atom is -0.445 e. The minimum absolute atomic E-state index is 0.00128. The van der Waals surface area contributed by atoms with Crippen molar-refractivity contribution in [2.45, 2.75) is 76.0 Å². The number of hydrogen-bond donors (Lipinski definition) is 3. The molecule has 0 aromatic heterocycles. The van der Waals surface area contributed by atoms with E-state index in [2.05, 4.69) is 39.5 Å². The second kappa shape index (κ2) is 18.8. The van der Waals surface area contributed by atoms with Crippen molar-refractivity contribution in [2.75, 3.05) is 31.2 Å². The van der Waals surface area contributed by atoms with Gasteiger partial charge in [-0.1, -0.05) is 122 Å². The fraction of sp³-hybridized carbons (Fsp3) is 0.333. The Labute approximate surface area is 372 Å². The van der Waals surface area contributed by atoms with Crippen molar-refractivity contribution >= 4 is 29.5 Å². The molecule has 4 aliphatic rings. The molecule has 5 atom stereocenters. The van der Waals surface area contributed by atoms with Crippen molar-refractivity contribution in [3.8, 4) is 11.1 Å². The SMILES string of the molecule is CC1C(CN2CCC3(CC2)C(=O)NCN3c2ccccc2)OC(c2ccc(-c3cccc(CN4C(=O)CC(NC(=O)OCc5ccccc5)C4=O)c3)cc2)OC1c1ccc(CO)cc1. The van der Waals surface area contributed by atoms with Gasteiger partial charge in [-0.3, -0.25) is 19.3 Å². The highest BCUT2D eigenvalue weighted by molar-refractivity contribution is 6.06. The van der Waals surface area contributed by atoms with Crippen LogP contribution in [0, 0.1) is 5.92 Å². The highest BCUT2D eigenvalue weighted by Crippen LogP contribution is 2.43. The largest absolute Gasteiger partial charge is 0.445 e. The number of piperidine rings is 1. The second-order valence-corrected chi connectivity index (χ2v) is 17.2. The van der Waals surface area contributed by atoms with Gasteiger partial charge in [0.05, 0.1) is 38.4 Å².